The highest BCUT2D eigenvalue weighted by atomic mass is 16.5. The Morgan fingerprint density at radius 3 is 2.57 bits per heavy atom. The second-order valence-corrected chi connectivity index (χ2v) is 3.15. The van der Waals surface area contributed by atoms with Gasteiger partial charge in [0.1, 0.15) is 5.76 Å². The molecule has 2 nitrogen and oxygen atoms in total. The van der Waals surface area contributed by atoms with Gasteiger partial charge in [-0.1, -0.05) is 24.3 Å². The maximum atomic E-state index is 5.82. The van der Waals surface area contributed by atoms with E-state index in [4.69, 9.17) is 10.5 Å². The maximum absolute atomic E-state index is 5.82. The molecule has 0 aliphatic heterocycles. The van der Waals surface area contributed by atoms with Crippen LogP contribution in [0.15, 0.2) is 42.5 Å². The third kappa shape index (κ3) is 2.39. The Bertz CT molecular complexity index is 366. The first kappa shape index (κ1) is 10.4. The van der Waals surface area contributed by atoms with E-state index in [1.165, 1.54) is 0 Å². The van der Waals surface area contributed by atoms with Gasteiger partial charge in [-0.3, -0.25) is 0 Å². The highest BCUT2D eigenvalue weighted by molar-refractivity contribution is 5.72. The Morgan fingerprint density at radius 1 is 1.43 bits per heavy atom. The zero-order valence-corrected chi connectivity index (χ0v) is 8.58. The largest absolute Gasteiger partial charge is 0.496 e. The summed E-state index contributed by atoms with van der Waals surface area (Å²) in [4.78, 5) is 0. The Morgan fingerprint density at radius 2 is 2.07 bits per heavy atom. The number of rotatable bonds is 3. The zero-order valence-electron chi connectivity index (χ0n) is 8.58. The van der Waals surface area contributed by atoms with Crippen LogP contribution in [-0.4, -0.2) is 7.11 Å². The minimum Gasteiger partial charge on any atom is -0.496 e. The summed E-state index contributed by atoms with van der Waals surface area (Å²) in [6.45, 7) is 5.72. The van der Waals surface area contributed by atoms with Crippen LogP contribution in [0.1, 0.15) is 12.5 Å². The quantitative estimate of drug-likeness (QED) is 0.451. The van der Waals surface area contributed by atoms with Gasteiger partial charge in [0.15, 0.2) is 0 Å². The average Bonchev–Trinajstić information content (AvgIpc) is 2.15. The summed E-state index contributed by atoms with van der Waals surface area (Å²) in [7, 11) is 1.63. The van der Waals surface area contributed by atoms with Gasteiger partial charge in [-0.2, -0.15) is 0 Å². The molecule has 1 aromatic carbocycles. The van der Waals surface area contributed by atoms with E-state index >= 15 is 0 Å². The highest BCUT2D eigenvalue weighted by Crippen LogP contribution is 2.22. The molecule has 0 amide bonds. The summed E-state index contributed by atoms with van der Waals surface area (Å²) in [6, 6.07) is 7.60. The van der Waals surface area contributed by atoms with Crippen LogP contribution in [0.3, 0.4) is 0 Å². The van der Waals surface area contributed by atoms with E-state index in [0.29, 0.717) is 5.69 Å². The van der Waals surface area contributed by atoms with E-state index in [1.54, 1.807) is 7.11 Å². The summed E-state index contributed by atoms with van der Waals surface area (Å²) in [5.41, 5.74) is 8.37. The van der Waals surface area contributed by atoms with E-state index in [2.05, 4.69) is 6.58 Å². The summed E-state index contributed by atoms with van der Waals surface area (Å²) in [5, 5.41) is 0. The van der Waals surface area contributed by atoms with Gasteiger partial charge in [-0.25, -0.2) is 0 Å². The minimum absolute atomic E-state index is 0.710. The predicted octanol–water partition coefficient (Wildman–Crippen LogP) is 2.83. The van der Waals surface area contributed by atoms with E-state index < -0.39 is 0 Å². The number of methoxy groups -OCH3 is 1. The van der Waals surface area contributed by atoms with Crippen molar-refractivity contribution < 1.29 is 4.74 Å². The minimum atomic E-state index is 0.710. The number of hydrogen-bond acceptors (Lipinski definition) is 2. The first-order valence-corrected chi connectivity index (χ1v) is 4.41. The second-order valence-electron chi connectivity index (χ2n) is 3.15. The van der Waals surface area contributed by atoms with Crippen molar-refractivity contribution in [2.45, 2.75) is 6.92 Å². The number of hydrogen-bond donors (Lipinski definition) is 1. The molecule has 0 bridgehead atoms. The smallest absolute Gasteiger partial charge is 0.128 e. The molecule has 2 N–H and O–H groups in total. The van der Waals surface area contributed by atoms with Crippen LogP contribution in [0.2, 0.25) is 0 Å². The fourth-order valence-electron chi connectivity index (χ4n) is 1.19. The Kier molecular flexibility index (Phi) is 3.35. The first-order chi connectivity index (χ1) is 6.65. The summed E-state index contributed by atoms with van der Waals surface area (Å²) in [6.07, 6.45) is 1.87. The third-order valence-corrected chi connectivity index (χ3v) is 1.82. The van der Waals surface area contributed by atoms with Crippen molar-refractivity contribution in [1.82, 2.24) is 0 Å². The van der Waals surface area contributed by atoms with Crippen molar-refractivity contribution in [2.24, 2.45) is 0 Å². The molecule has 0 unspecified atom stereocenters. The lowest BCUT2D eigenvalue weighted by Crippen LogP contribution is -1.95. The van der Waals surface area contributed by atoms with E-state index in [0.717, 1.165) is 16.9 Å². The molecular formula is C12H15NO. The van der Waals surface area contributed by atoms with Crippen LogP contribution >= 0.6 is 0 Å². The van der Waals surface area contributed by atoms with Gasteiger partial charge < -0.3 is 10.5 Å². The normalized spacial score (nSPS) is 11.1. The lowest BCUT2D eigenvalue weighted by molar-refractivity contribution is 0.370. The van der Waals surface area contributed by atoms with Gasteiger partial charge in [0.05, 0.1) is 7.11 Å². The maximum Gasteiger partial charge on any atom is 0.128 e. The number of anilines is 1. The van der Waals surface area contributed by atoms with Crippen LogP contribution in [0.4, 0.5) is 5.69 Å². The van der Waals surface area contributed by atoms with Crippen LogP contribution in [0.5, 0.6) is 0 Å². The number of nitrogens with two attached hydrogens (primary N) is 1. The van der Waals surface area contributed by atoms with Crippen molar-refractivity contribution >= 4 is 11.4 Å². The standard InChI is InChI=1S/C12H15NO/c1-9(2)8-12(14-3)10-6-4-5-7-11(10)13/h4-8H,1,13H2,2-3H3/b12-8+. The molecule has 0 saturated carbocycles. The molecular weight excluding hydrogens is 174 g/mol. The second kappa shape index (κ2) is 4.51. The number of allylic oxidation sites excluding steroid dienone is 2. The summed E-state index contributed by atoms with van der Waals surface area (Å²) in [5.74, 6) is 0.746. The molecule has 0 heterocycles. The molecule has 0 aliphatic carbocycles. The van der Waals surface area contributed by atoms with Crippen molar-refractivity contribution in [2.75, 3.05) is 12.8 Å². The molecule has 14 heavy (non-hydrogen) atoms. The lowest BCUT2D eigenvalue weighted by Gasteiger charge is -2.08. The molecule has 74 valence electrons. The van der Waals surface area contributed by atoms with Gasteiger partial charge in [0, 0.05) is 11.3 Å². The topological polar surface area (TPSA) is 35.2 Å². The molecule has 0 fully saturated rings. The van der Waals surface area contributed by atoms with Crippen LogP contribution in [0, 0.1) is 0 Å². The first-order valence-electron chi connectivity index (χ1n) is 4.41. The molecule has 0 spiro atoms. The third-order valence-electron chi connectivity index (χ3n) is 1.82. The number of para-hydroxylation sites is 1. The van der Waals surface area contributed by atoms with Crippen LogP contribution < -0.4 is 5.73 Å². The Hall–Kier alpha value is -1.70. The van der Waals surface area contributed by atoms with Crippen LogP contribution in [0.25, 0.3) is 5.76 Å². The van der Waals surface area contributed by atoms with Crippen molar-refractivity contribution in [3.63, 3.8) is 0 Å². The van der Waals surface area contributed by atoms with Gasteiger partial charge in [0.25, 0.3) is 0 Å². The van der Waals surface area contributed by atoms with Gasteiger partial charge >= 0.3 is 0 Å². The number of ether oxygens (including phenoxy) is 1. The SMILES string of the molecule is C=C(C)/C=C(/OC)c1ccccc1N. The van der Waals surface area contributed by atoms with Crippen molar-refractivity contribution in [1.29, 1.82) is 0 Å². The average molecular weight is 189 g/mol. The molecule has 2 heteroatoms. The Balaban J connectivity index is 3.13. The lowest BCUT2D eigenvalue weighted by atomic mass is 10.1. The molecule has 0 aliphatic rings. The van der Waals surface area contributed by atoms with E-state index in [-0.39, 0.29) is 0 Å². The molecule has 1 rings (SSSR count). The van der Waals surface area contributed by atoms with Crippen molar-refractivity contribution in [3.05, 3.63) is 48.1 Å². The molecule has 1 aromatic rings. The Labute approximate surface area is 84.7 Å². The fraction of sp³-hybridized carbons (Fsp3) is 0.167. The van der Waals surface area contributed by atoms with E-state index in [9.17, 15) is 0 Å². The number of benzene rings is 1. The summed E-state index contributed by atoms with van der Waals surface area (Å²) < 4.78 is 5.25. The number of nitrogen functional groups attached to an aromatic ring is 1. The molecule has 0 atom stereocenters. The zero-order chi connectivity index (χ0) is 10.6. The predicted molar refractivity (Wildman–Crippen MR) is 60.7 cm³/mol. The van der Waals surface area contributed by atoms with Gasteiger partial charge in [-0.05, 0) is 25.1 Å². The van der Waals surface area contributed by atoms with Crippen molar-refractivity contribution in [3.8, 4) is 0 Å². The van der Waals surface area contributed by atoms with Gasteiger partial charge in [0.2, 0.25) is 0 Å². The molecule has 0 saturated heterocycles. The fourth-order valence-corrected chi connectivity index (χ4v) is 1.19. The molecule has 0 radical (unpaired) electrons. The monoisotopic (exact) mass is 189 g/mol. The molecule has 0 aromatic heterocycles. The highest BCUT2D eigenvalue weighted by Gasteiger charge is 2.04. The summed E-state index contributed by atoms with van der Waals surface area (Å²) >= 11 is 0. The van der Waals surface area contributed by atoms with Gasteiger partial charge in [-0.15, -0.1) is 0 Å². The van der Waals surface area contributed by atoms with E-state index in [1.807, 2.05) is 37.3 Å². The van der Waals surface area contributed by atoms with Crippen LogP contribution in [-0.2, 0) is 4.74 Å².